The van der Waals surface area contributed by atoms with Gasteiger partial charge in [0, 0.05) is 31.7 Å². The molecule has 0 aromatic heterocycles. The fourth-order valence-electron chi connectivity index (χ4n) is 3.64. The minimum Gasteiger partial charge on any atom is -0.295 e. The number of nitrogens with zero attached hydrogens (tertiary/aromatic N) is 2. The number of hydrogen-bond donors (Lipinski definition) is 0. The van der Waals surface area contributed by atoms with Crippen molar-refractivity contribution >= 4 is 10.0 Å². The molecule has 114 valence electrons. The highest BCUT2D eigenvalue weighted by Gasteiger charge is 2.46. The summed E-state index contributed by atoms with van der Waals surface area (Å²) in [6.45, 7) is 6.27. The van der Waals surface area contributed by atoms with Crippen LogP contribution in [0, 0.1) is 0 Å². The molecule has 0 bridgehead atoms. The van der Waals surface area contributed by atoms with E-state index >= 15 is 0 Å². The van der Waals surface area contributed by atoms with Gasteiger partial charge in [-0.15, -0.1) is 6.58 Å². The van der Waals surface area contributed by atoms with Crippen molar-refractivity contribution in [2.24, 2.45) is 0 Å². The summed E-state index contributed by atoms with van der Waals surface area (Å²) in [5, 5.41) is 0. The Labute approximate surface area is 127 Å². The van der Waals surface area contributed by atoms with Crippen LogP contribution in [0.15, 0.2) is 43.0 Å². The van der Waals surface area contributed by atoms with Crippen molar-refractivity contribution in [2.75, 3.05) is 19.6 Å². The van der Waals surface area contributed by atoms with Gasteiger partial charge in [-0.05, 0) is 18.4 Å². The highest BCUT2D eigenvalue weighted by Crippen LogP contribution is 2.34. The molecular formula is C16H22N2O2S. The van der Waals surface area contributed by atoms with Gasteiger partial charge in [0.15, 0.2) is 0 Å². The summed E-state index contributed by atoms with van der Waals surface area (Å²) in [5.41, 5.74) is 0.863. The van der Waals surface area contributed by atoms with E-state index in [2.05, 4.69) is 11.5 Å². The van der Waals surface area contributed by atoms with E-state index < -0.39 is 10.0 Å². The molecule has 0 aliphatic carbocycles. The van der Waals surface area contributed by atoms with Crippen molar-refractivity contribution in [3.05, 3.63) is 48.6 Å². The van der Waals surface area contributed by atoms with Crippen LogP contribution in [-0.4, -0.2) is 49.3 Å². The van der Waals surface area contributed by atoms with Crippen LogP contribution in [0.3, 0.4) is 0 Å². The van der Waals surface area contributed by atoms with E-state index in [1.165, 1.54) is 0 Å². The number of hydrogen-bond acceptors (Lipinski definition) is 3. The second kappa shape index (κ2) is 5.91. The normalized spacial score (nSPS) is 26.9. The van der Waals surface area contributed by atoms with Crippen LogP contribution in [0.5, 0.6) is 0 Å². The van der Waals surface area contributed by atoms with Crippen molar-refractivity contribution in [1.82, 2.24) is 9.21 Å². The van der Waals surface area contributed by atoms with Crippen molar-refractivity contribution in [1.29, 1.82) is 0 Å². The maximum atomic E-state index is 12.7. The Kier molecular flexibility index (Phi) is 4.15. The molecular weight excluding hydrogens is 284 g/mol. The number of rotatable bonds is 5. The summed E-state index contributed by atoms with van der Waals surface area (Å²) in [6, 6.07) is 9.96. The zero-order chi connectivity index (χ0) is 14.9. The fraction of sp³-hybridized carbons (Fsp3) is 0.500. The molecule has 0 saturated carbocycles. The van der Waals surface area contributed by atoms with Crippen LogP contribution in [0.4, 0.5) is 0 Å². The van der Waals surface area contributed by atoms with E-state index in [-0.39, 0.29) is 11.8 Å². The summed E-state index contributed by atoms with van der Waals surface area (Å²) >= 11 is 0. The van der Waals surface area contributed by atoms with Crippen LogP contribution in [0.25, 0.3) is 0 Å². The Balaban J connectivity index is 1.74. The molecule has 21 heavy (non-hydrogen) atoms. The lowest BCUT2D eigenvalue weighted by molar-refractivity contribution is 0.273. The minimum atomic E-state index is -3.22. The van der Waals surface area contributed by atoms with Crippen molar-refractivity contribution in [3.8, 4) is 0 Å². The Bertz CT molecular complexity index is 600. The van der Waals surface area contributed by atoms with Crippen LogP contribution in [0.2, 0.25) is 0 Å². The lowest BCUT2D eigenvalue weighted by Crippen LogP contribution is -2.40. The predicted octanol–water partition coefficient (Wildman–Crippen LogP) is 1.85. The van der Waals surface area contributed by atoms with E-state index in [0.29, 0.717) is 12.6 Å². The second-order valence-electron chi connectivity index (χ2n) is 5.85. The van der Waals surface area contributed by atoms with Crippen LogP contribution >= 0.6 is 0 Å². The third-order valence-electron chi connectivity index (χ3n) is 4.55. The molecule has 2 atom stereocenters. The Morgan fingerprint density at radius 2 is 1.86 bits per heavy atom. The number of likely N-dealkylation sites (tertiary alicyclic amines) is 1. The lowest BCUT2D eigenvalue weighted by Gasteiger charge is -2.24. The highest BCUT2D eigenvalue weighted by atomic mass is 32.2. The topological polar surface area (TPSA) is 40.6 Å². The van der Waals surface area contributed by atoms with Gasteiger partial charge in [-0.25, -0.2) is 8.42 Å². The van der Waals surface area contributed by atoms with Crippen LogP contribution < -0.4 is 0 Å². The van der Waals surface area contributed by atoms with Gasteiger partial charge >= 0.3 is 0 Å². The second-order valence-corrected chi connectivity index (χ2v) is 7.77. The summed E-state index contributed by atoms with van der Waals surface area (Å²) in [6.07, 6.45) is 3.78. The van der Waals surface area contributed by atoms with E-state index in [0.717, 1.165) is 31.5 Å². The van der Waals surface area contributed by atoms with Gasteiger partial charge in [0.25, 0.3) is 0 Å². The van der Waals surface area contributed by atoms with Crippen molar-refractivity contribution in [2.45, 2.75) is 30.7 Å². The van der Waals surface area contributed by atoms with Gasteiger partial charge in [0.1, 0.15) is 0 Å². The maximum absolute atomic E-state index is 12.7. The van der Waals surface area contributed by atoms with Gasteiger partial charge < -0.3 is 0 Å². The van der Waals surface area contributed by atoms with E-state index in [1.54, 1.807) is 4.31 Å². The summed E-state index contributed by atoms with van der Waals surface area (Å²) in [7, 11) is -3.22. The van der Waals surface area contributed by atoms with Gasteiger partial charge in [0.05, 0.1) is 5.75 Å². The van der Waals surface area contributed by atoms with Crippen LogP contribution in [-0.2, 0) is 15.8 Å². The van der Waals surface area contributed by atoms with Gasteiger partial charge in [-0.1, -0.05) is 36.4 Å². The van der Waals surface area contributed by atoms with Crippen LogP contribution in [0.1, 0.15) is 18.4 Å². The molecule has 0 unspecified atom stereocenters. The summed E-state index contributed by atoms with van der Waals surface area (Å²) in [5.74, 6) is 0.110. The van der Waals surface area contributed by atoms with Crippen molar-refractivity contribution < 1.29 is 8.42 Å². The zero-order valence-electron chi connectivity index (χ0n) is 12.2. The molecule has 1 aromatic carbocycles. The molecule has 2 saturated heterocycles. The molecule has 2 aliphatic rings. The molecule has 2 fully saturated rings. The molecule has 2 heterocycles. The quantitative estimate of drug-likeness (QED) is 0.780. The smallest absolute Gasteiger partial charge is 0.218 e. The van der Waals surface area contributed by atoms with Gasteiger partial charge in [0.2, 0.25) is 10.0 Å². The first-order chi connectivity index (χ1) is 10.1. The monoisotopic (exact) mass is 306 g/mol. The predicted molar refractivity (Wildman–Crippen MR) is 84.4 cm³/mol. The first-order valence-electron chi connectivity index (χ1n) is 7.50. The molecule has 0 amide bonds. The molecule has 4 nitrogen and oxygen atoms in total. The standard InChI is InChI=1S/C16H22N2O2S/c1-2-10-17-11-8-16-15(17)9-12-18(16)21(19,20)13-14-6-4-3-5-7-14/h2-7,15-16H,1,8-13H2/t15-,16+/m0/s1. The van der Waals surface area contributed by atoms with Gasteiger partial charge in [-0.3, -0.25) is 4.90 Å². The first-order valence-corrected chi connectivity index (χ1v) is 9.11. The number of sulfonamides is 1. The third-order valence-corrected chi connectivity index (χ3v) is 6.42. The molecule has 5 heteroatoms. The average Bonchev–Trinajstić information content (AvgIpc) is 3.03. The Hall–Kier alpha value is -1.17. The van der Waals surface area contributed by atoms with Crippen molar-refractivity contribution in [3.63, 3.8) is 0 Å². The summed E-state index contributed by atoms with van der Waals surface area (Å²) < 4.78 is 27.1. The molecule has 0 spiro atoms. The average molecular weight is 306 g/mol. The largest absolute Gasteiger partial charge is 0.295 e. The maximum Gasteiger partial charge on any atom is 0.218 e. The zero-order valence-corrected chi connectivity index (χ0v) is 13.0. The third kappa shape index (κ3) is 2.91. The lowest BCUT2D eigenvalue weighted by atomic mass is 10.1. The van der Waals surface area contributed by atoms with E-state index in [4.69, 9.17) is 0 Å². The van der Waals surface area contributed by atoms with E-state index in [9.17, 15) is 8.42 Å². The van der Waals surface area contributed by atoms with Gasteiger partial charge in [-0.2, -0.15) is 4.31 Å². The first kappa shape index (κ1) is 14.8. The number of fused-ring (bicyclic) bond motifs is 1. The summed E-state index contributed by atoms with van der Waals surface area (Å²) in [4.78, 5) is 2.36. The highest BCUT2D eigenvalue weighted by molar-refractivity contribution is 7.88. The molecule has 3 rings (SSSR count). The molecule has 0 N–H and O–H groups in total. The Morgan fingerprint density at radius 1 is 1.14 bits per heavy atom. The number of benzene rings is 1. The SMILES string of the molecule is C=CCN1CC[C@@H]2[C@@H]1CCN2S(=O)(=O)Cc1ccccc1. The molecule has 1 aromatic rings. The fourth-order valence-corrected chi connectivity index (χ4v) is 5.46. The van der Waals surface area contributed by atoms with E-state index in [1.807, 2.05) is 36.4 Å². The molecule has 2 aliphatic heterocycles. The molecule has 0 radical (unpaired) electrons. The minimum absolute atomic E-state index is 0.110. The Morgan fingerprint density at radius 3 is 2.57 bits per heavy atom.